The van der Waals surface area contributed by atoms with Crippen molar-refractivity contribution >= 4 is 28.1 Å². The summed E-state index contributed by atoms with van der Waals surface area (Å²) in [5.41, 5.74) is 7.71. The highest BCUT2D eigenvalue weighted by Gasteiger charge is 2.11. The minimum Gasteiger partial charge on any atom is -0.398 e. The average molecular weight is 262 g/mol. The topological polar surface area (TPSA) is 55.1 Å². The predicted octanol–water partition coefficient (Wildman–Crippen LogP) is 3.67. The molecule has 0 aliphatic heterocycles. The van der Waals surface area contributed by atoms with E-state index in [4.69, 9.17) is 5.73 Å². The SMILES string of the molecule is Nc1cc2ccccc2cc1C(=O)Nc1ccccc1. The number of nitrogens with two attached hydrogens (primary N) is 1. The van der Waals surface area contributed by atoms with Crippen molar-refractivity contribution < 1.29 is 4.79 Å². The van der Waals surface area contributed by atoms with Gasteiger partial charge < -0.3 is 11.1 Å². The number of nitrogens with one attached hydrogen (secondary N) is 1. The Hall–Kier alpha value is -2.81. The standard InChI is InChI=1S/C17H14N2O/c18-16-11-13-7-5-4-6-12(13)10-15(16)17(20)19-14-8-2-1-3-9-14/h1-11H,18H2,(H,19,20). The smallest absolute Gasteiger partial charge is 0.257 e. The molecule has 0 radical (unpaired) electrons. The highest BCUT2D eigenvalue weighted by Crippen LogP contribution is 2.22. The molecule has 3 nitrogen and oxygen atoms in total. The lowest BCUT2D eigenvalue weighted by Gasteiger charge is -2.09. The van der Waals surface area contributed by atoms with E-state index >= 15 is 0 Å². The Kier molecular flexibility index (Phi) is 3.09. The number of hydrogen-bond donors (Lipinski definition) is 2. The Morgan fingerprint density at radius 2 is 1.45 bits per heavy atom. The van der Waals surface area contributed by atoms with Crippen LogP contribution in [0.3, 0.4) is 0 Å². The molecule has 0 aliphatic carbocycles. The number of anilines is 2. The van der Waals surface area contributed by atoms with Gasteiger partial charge >= 0.3 is 0 Å². The van der Waals surface area contributed by atoms with E-state index in [-0.39, 0.29) is 5.91 Å². The molecule has 3 aromatic carbocycles. The Bertz CT molecular complexity index is 766. The summed E-state index contributed by atoms with van der Waals surface area (Å²) < 4.78 is 0. The molecule has 3 rings (SSSR count). The number of nitrogen functional groups attached to an aromatic ring is 1. The summed E-state index contributed by atoms with van der Waals surface area (Å²) in [7, 11) is 0. The van der Waals surface area contributed by atoms with E-state index in [9.17, 15) is 4.79 Å². The van der Waals surface area contributed by atoms with Gasteiger partial charge in [-0.1, -0.05) is 42.5 Å². The molecule has 98 valence electrons. The lowest BCUT2D eigenvalue weighted by molar-refractivity contribution is 0.102. The molecule has 0 heterocycles. The normalized spacial score (nSPS) is 10.4. The van der Waals surface area contributed by atoms with Gasteiger partial charge in [0.2, 0.25) is 0 Å². The zero-order valence-electron chi connectivity index (χ0n) is 10.8. The van der Waals surface area contributed by atoms with Crippen LogP contribution < -0.4 is 11.1 Å². The minimum absolute atomic E-state index is 0.195. The van der Waals surface area contributed by atoms with E-state index < -0.39 is 0 Å². The number of amides is 1. The molecular formula is C17H14N2O. The minimum atomic E-state index is -0.195. The Balaban J connectivity index is 1.97. The van der Waals surface area contributed by atoms with Gasteiger partial charge in [0.15, 0.2) is 0 Å². The molecule has 0 aliphatic rings. The van der Waals surface area contributed by atoms with Crippen LogP contribution in [0.4, 0.5) is 11.4 Å². The van der Waals surface area contributed by atoms with E-state index in [2.05, 4.69) is 5.32 Å². The maximum absolute atomic E-state index is 12.3. The van der Waals surface area contributed by atoms with E-state index in [1.165, 1.54) is 0 Å². The first kappa shape index (κ1) is 12.2. The lowest BCUT2D eigenvalue weighted by Crippen LogP contribution is -2.13. The number of fused-ring (bicyclic) bond motifs is 1. The average Bonchev–Trinajstić information content (AvgIpc) is 2.47. The maximum atomic E-state index is 12.3. The molecule has 0 bridgehead atoms. The summed E-state index contributed by atoms with van der Waals surface area (Å²) in [6, 6.07) is 20.8. The van der Waals surface area contributed by atoms with Crippen molar-refractivity contribution in [1.29, 1.82) is 0 Å². The second-order valence-corrected chi connectivity index (χ2v) is 4.61. The molecule has 0 fully saturated rings. The van der Waals surface area contributed by atoms with Crippen LogP contribution in [-0.4, -0.2) is 5.91 Å². The third-order valence-corrected chi connectivity index (χ3v) is 3.19. The Morgan fingerprint density at radius 1 is 0.850 bits per heavy atom. The highest BCUT2D eigenvalue weighted by atomic mass is 16.1. The molecule has 0 unspecified atom stereocenters. The molecule has 1 amide bonds. The fraction of sp³-hybridized carbons (Fsp3) is 0. The van der Waals surface area contributed by atoms with E-state index in [1.807, 2.05) is 66.7 Å². The highest BCUT2D eigenvalue weighted by molar-refractivity contribution is 6.10. The van der Waals surface area contributed by atoms with Crippen LogP contribution in [-0.2, 0) is 0 Å². The Morgan fingerprint density at radius 3 is 2.15 bits per heavy atom. The van der Waals surface area contributed by atoms with E-state index in [0.717, 1.165) is 16.5 Å². The largest absolute Gasteiger partial charge is 0.398 e. The number of hydrogen-bond acceptors (Lipinski definition) is 2. The quantitative estimate of drug-likeness (QED) is 0.692. The number of rotatable bonds is 2. The molecule has 0 saturated heterocycles. The van der Waals surface area contributed by atoms with Gasteiger partial charge in [-0.15, -0.1) is 0 Å². The first-order valence-electron chi connectivity index (χ1n) is 6.39. The molecule has 3 heteroatoms. The van der Waals surface area contributed by atoms with Crippen molar-refractivity contribution in [2.24, 2.45) is 0 Å². The number of carbonyl (C=O) groups excluding carboxylic acids is 1. The van der Waals surface area contributed by atoms with Gasteiger partial charge in [-0.3, -0.25) is 4.79 Å². The monoisotopic (exact) mass is 262 g/mol. The van der Waals surface area contributed by atoms with Crippen LogP contribution in [0, 0.1) is 0 Å². The second-order valence-electron chi connectivity index (χ2n) is 4.61. The number of para-hydroxylation sites is 1. The second kappa shape index (κ2) is 5.05. The third kappa shape index (κ3) is 2.34. The van der Waals surface area contributed by atoms with Gasteiger partial charge in [0, 0.05) is 11.4 Å². The molecule has 0 atom stereocenters. The zero-order chi connectivity index (χ0) is 13.9. The van der Waals surface area contributed by atoms with Crippen LogP contribution in [0.25, 0.3) is 10.8 Å². The van der Waals surface area contributed by atoms with Crippen molar-refractivity contribution in [2.45, 2.75) is 0 Å². The van der Waals surface area contributed by atoms with Gasteiger partial charge in [-0.2, -0.15) is 0 Å². The maximum Gasteiger partial charge on any atom is 0.257 e. The van der Waals surface area contributed by atoms with Gasteiger partial charge in [0.25, 0.3) is 5.91 Å². The van der Waals surface area contributed by atoms with Crippen molar-refractivity contribution in [2.75, 3.05) is 11.1 Å². The molecule has 0 spiro atoms. The van der Waals surface area contributed by atoms with Crippen molar-refractivity contribution in [3.05, 3.63) is 72.3 Å². The first-order valence-corrected chi connectivity index (χ1v) is 6.39. The predicted molar refractivity (Wildman–Crippen MR) is 82.8 cm³/mol. The molecule has 3 N–H and O–H groups in total. The zero-order valence-corrected chi connectivity index (χ0v) is 10.8. The van der Waals surface area contributed by atoms with Crippen molar-refractivity contribution in [1.82, 2.24) is 0 Å². The summed E-state index contributed by atoms with van der Waals surface area (Å²) in [5, 5.41) is 4.87. The number of benzene rings is 3. The van der Waals surface area contributed by atoms with Crippen LogP contribution in [0.15, 0.2) is 66.7 Å². The number of carbonyl (C=O) groups is 1. The third-order valence-electron chi connectivity index (χ3n) is 3.19. The molecule has 20 heavy (non-hydrogen) atoms. The van der Waals surface area contributed by atoms with Crippen LogP contribution in [0.1, 0.15) is 10.4 Å². The van der Waals surface area contributed by atoms with Gasteiger partial charge in [-0.05, 0) is 35.0 Å². The van der Waals surface area contributed by atoms with Crippen LogP contribution >= 0.6 is 0 Å². The Labute approximate surface area is 117 Å². The molecular weight excluding hydrogens is 248 g/mol. The summed E-state index contributed by atoms with van der Waals surface area (Å²) in [5.74, 6) is -0.195. The molecule has 0 saturated carbocycles. The van der Waals surface area contributed by atoms with Gasteiger partial charge in [0.1, 0.15) is 0 Å². The van der Waals surface area contributed by atoms with Crippen molar-refractivity contribution in [3.63, 3.8) is 0 Å². The summed E-state index contributed by atoms with van der Waals surface area (Å²) >= 11 is 0. The lowest BCUT2D eigenvalue weighted by atomic mass is 10.0. The van der Waals surface area contributed by atoms with Crippen molar-refractivity contribution in [3.8, 4) is 0 Å². The molecule has 3 aromatic rings. The summed E-state index contributed by atoms with van der Waals surface area (Å²) in [6.45, 7) is 0. The van der Waals surface area contributed by atoms with E-state index in [1.54, 1.807) is 0 Å². The summed E-state index contributed by atoms with van der Waals surface area (Å²) in [6.07, 6.45) is 0. The van der Waals surface area contributed by atoms with Crippen LogP contribution in [0.5, 0.6) is 0 Å². The van der Waals surface area contributed by atoms with Crippen LogP contribution in [0.2, 0.25) is 0 Å². The fourth-order valence-corrected chi connectivity index (χ4v) is 2.17. The molecule has 0 aromatic heterocycles. The first-order chi connectivity index (χ1) is 9.74. The van der Waals surface area contributed by atoms with Gasteiger partial charge in [0.05, 0.1) is 5.56 Å². The van der Waals surface area contributed by atoms with Gasteiger partial charge in [-0.25, -0.2) is 0 Å². The summed E-state index contributed by atoms with van der Waals surface area (Å²) in [4.78, 5) is 12.3. The fourth-order valence-electron chi connectivity index (χ4n) is 2.17. The van der Waals surface area contributed by atoms with E-state index in [0.29, 0.717) is 11.3 Å².